The number of nitrogens with zero attached hydrogens (tertiary/aromatic N) is 1. The van der Waals surface area contributed by atoms with E-state index in [9.17, 15) is 8.42 Å². The lowest BCUT2D eigenvalue weighted by Crippen LogP contribution is -2.12. The molecular weight excluding hydrogens is 238 g/mol. The average Bonchev–Trinajstić information content (AvgIpc) is 2.71. The Labute approximate surface area is 104 Å². The van der Waals surface area contributed by atoms with Crippen LogP contribution >= 0.6 is 0 Å². The predicted molar refractivity (Wildman–Crippen MR) is 68.5 cm³/mol. The standard InChI is InChI=1S/C12H21NO3S/c1-2-3-4-5-6-7-9-12-10-8-11-13(12)17(14,15)16/h8,10-11H,2-7,9H2,1H3,(H,14,15,16). The molecule has 0 spiro atoms. The third-order valence-electron chi connectivity index (χ3n) is 2.83. The smallest absolute Gasteiger partial charge is 0.269 e. The molecule has 0 saturated heterocycles. The summed E-state index contributed by atoms with van der Waals surface area (Å²) in [7, 11) is -4.12. The zero-order valence-electron chi connectivity index (χ0n) is 10.3. The van der Waals surface area contributed by atoms with E-state index >= 15 is 0 Å². The van der Waals surface area contributed by atoms with E-state index in [1.165, 1.54) is 31.9 Å². The third-order valence-corrected chi connectivity index (χ3v) is 3.68. The average molecular weight is 259 g/mol. The summed E-state index contributed by atoms with van der Waals surface area (Å²) in [5.41, 5.74) is 0.656. The molecule has 0 fully saturated rings. The molecule has 0 aliphatic rings. The van der Waals surface area contributed by atoms with E-state index in [0.717, 1.165) is 16.8 Å². The fourth-order valence-corrected chi connectivity index (χ4v) is 2.58. The van der Waals surface area contributed by atoms with E-state index in [1.807, 2.05) is 0 Å². The van der Waals surface area contributed by atoms with Gasteiger partial charge < -0.3 is 0 Å². The molecule has 4 nitrogen and oxygen atoms in total. The molecule has 0 bridgehead atoms. The molecule has 17 heavy (non-hydrogen) atoms. The number of hydrogen-bond donors (Lipinski definition) is 1. The maximum atomic E-state index is 11.0. The van der Waals surface area contributed by atoms with E-state index in [0.29, 0.717) is 12.1 Å². The SMILES string of the molecule is CCCCCCCCc1cccn1S(=O)(=O)O. The first kappa shape index (κ1) is 14.3. The summed E-state index contributed by atoms with van der Waals surface area (Å²) in [5.74, 6) is 0. The molecule has 1 heterocycles. The third kappa shape index (κ3) is 4.91. The maximum Gasteiger partial charge on any atom is 0.363 e. The molecule has 0 radical (unpaired) electrons. The van der Waals surface area contributed by atoms with Gasteiger partial charge in [0.25, 0.3) is 0 Å². The quantitative estimate of drug-likeness (QED) is 0.576. The monoisotopic (exact) mass is 259 g/mol. The Hall–Kier alpha value is -0.810. The molecular formula is C12H21NO3S. The number of hydrogen-bond acceptors (Lipinski definition) is 2. The van der Waals surface area contributed by atoms with Gasteiger partial charge >= 0.3 is 10.3 Å². The van der Waals surface area contributed by atoms with Crippen molar-refractivity contribution in [2.24, 2.45) is 0 Å². The molecule has 98 valence electrons. The Bertz CT molecular complexity index is 423. The zero-order chi connectivity index (χ0) is 12.7. The van der Waals surface area contributed by atoms with Crippen molar-refractivity contribution in [3.05, 3.63) is 24.0 Å². The lowest BCUT2D eigenvalue weighted by atomic mass is 10.1. The van der Waals surface area contributed by atoms with Gasteiger partial charge in [0, 0.05) is 11.9 Å². The van der Waals surface area contributed by atoms with Crippen molar-refractivity contribution in [2.45, 2.75) is 51.9 Å². The zero-order valence-corrected chi connectivity index (χ0v) is 11.1. The molecule has 0 aliphatic carbocycles. The van der Waals surface area contributed by atoms with Gasteiger partial charge in [0.15, 0.2) is 0 Å². The van der Waals surface area contributed by atoms with Crippen LogP contribution in [0.5, 0.6) is 0 Å². The molecule has 0 amide bonds. The fourth-order valence-electron chi connectivity index (χ4n) is 1.91. The highest BCUT2D eigenvalue weighted by Gasteiger charge is 2.11. The van der Waals surface area contributed by atoms with E-state index in [-0.39, 0.29) is 0 Å². The Balaban J connectivity index is 2.35. The van der Waals surface area contributed by atoms with Crippen molar-refractivity contribution in [3.8, 4) is 0 Å². The van der Waals surface area contributed by atoms with Crippen molar-refractivity contribution < 1.29 is 13.0 Å². The number of aromatic nitrogens is 1. The van der Waals surface area contributed by atoms with Crippen molar-refractivity contribution in [2.75, 3.05) is 0 Å². The van der Waals surface area contributed by atoms with Crippen LogP contribution in [0.15, 0.2) is 18.3 Å². The van der Waals surface area contributed by atoms with Gasteiger partial charge in [-0.1, -0.05) is 39.0 Å². The molecule has 0 atom stereocenters. The maximum absolute atomic E-state index is 11.0. The summed E-state index contributed by atoms with van der Waals surface area (Å²) in [6.07, 6.45) is 9.07. The Morgan fingerprint density at radius 1 is 1.18 bits per heavy atom. The topological polar surface area (TPSA) is 59.3 Å². The van der Waals surface area contributed by atoms with Crippen molar-refractivity contribution in [3.63, 3.8) is 0 Å². The van der Waals surface area contributed by atoms with Crippen LogP contribution in [-0.2, 0) is 16.7 Å². The lowest BCUT2D eigenvalue weighted by molar-refractivity contribution is 0.470. The van der Waals surface area contributed by atoms with Crippen LogP contribution < -0.4 is 0 Å². The predicted octanol–water partition coefficient (Wildman–Crippen LogP) is 3.04. The summed E-state index contributed by atoms with van der Waals surface area (Å²) in [6.45, 7) is 2.18. The minimum absolute atomic E-state index is 0.656. The molecule has 0 unspecified atom stereocenters. The summed E-state index contributed by atoms with van der Waals surface area (Å²) in [5, 5.41) is 0. The fraction of sp³-hybridized carbons (Fsp3) is 0.667. The summed E-state index contributed by atoms with van der Waals surface area (Å²) >= 11 is 0. The second-order valence-electron chi connectivity index (χ2n) is 4.29. The molecule has 1 aromatic rings. The first-order valence-electron chi connectivity index (χ1n) is 6.20. The van der Waals surface area contributed by atoms with Crippen LogP contribution in [0.2, 0.25) is 0 Å². The van der Waals surface area contributed by atoms with E-state index in [1.54, 1.807) is 12.1 Å². The van der Waals surface area contributed by atoms with E-state index < -0.39 is 10.3 Å². The summed E-state index contributed by atoms with van der Waals surface area (Å²) in [4.78, 5) is 0. The van der Waals surface area contributed by atoms with Gasteiger partial charge in [-0.15, -0.1) is 0 Å². The Kier molecular flexibility index (Phi) is 5.71. The second kappa shape index (κ2) is 6.81. The van der Waals surface area contributed by atoms with Crippen molar-refractivity contribution >= 4 is 10.3 Å². The summed E-state index contributed by atoms with van der Waals surface area (Å²) in [6, 6.07) is 3.37. The molecule has 0 aromatic carbocycles. The molecule has 1 N–H and O–H groups in total. The van der Waals surface area contributed by atoms with Gasteiger partial charge in [-0.25, -0.2) is 3.97 Å². The second-order valence-corrected chi connectivity index (χ2v) is 5.58. The van der Waals surface area contributed by atoms with Gasteiger partial charge in [-0.3, -0.25) is 4.55 Å². The van der Waals surface area contributed by atoms with Gasteiger partial charge in [0.05, 0.1) is 0 Å². The molecule has 0 aliphatic heterocycles. The van der Waals surface area contributed by atoms with Crippen molar-refractivity contribution in [1.82, 2.24) is 3.97 Å². The Morgan fingerprint density at radius 3 is 2.47 bits per heavy atom. The highest BCUT2D eigenvalue weighted by atomic mass is 32.2. The molecule has 0 saturated carbocycles. The van der Waals surface area contributed by atoms with Crippen LogP contribution in [-0.4, -0.2) is 16.9 Å². The molecule has 5 heteroatoms. The minimum Gasteiger partial charge on any atom is -0.269 e. The number of unbranched alkanes of at least 4 members (excludes halogenated alkanes) is 5. The molecule has 1 rings (SSSR count). The van der Waals surface area contributed by atoms with Crippen LogP contribution in [0.4, 0.5) is 0 Å². The van der Waals surface area contributed by atoms with E-state index in [2.05, 4.69) is 6.92 Å². The largest absolute Gasteiger partial charge is 0.363 e. The van der Waals surface area contributed by atoms with Gasteiger partial charge in [-0.2, -0.15) is 8.42 Å². The number of aryl methyl sites for hydroxylation is 1. The highest BCUT2D eigenvalue weighted by molar-refractivity contribution is 7.84. The first-order valence-corrected chi connectivity index (χ1v) is 7.59. The van der Waals surface area contributed by atoms with Crippen LogP contribution in [0.3, 0.4) is 0 Å². The normalized spacial score (nSPS) is 11.9. The van der Waals surface area contributed by atoms with Crippen LogP contribution in [0, 0.1) is 0 Å². The van der Waals surface area contributed by atoms with Crippen LogP contribution in [0.25, 0.3) is 0 Å². The van der Waals surface area contributed by atoms with E-state index in [4.69, 9.17) is 4.55 Å². The van der Waals surface area contributed by atoms with Gasteiger partial charge in [0.2, 0.25) is 0 Å². The van der Waals surface area contributed by atoms with Crippen LogP contribution in [0.1, 0.15) is 51.1 Å². The lowest BCUT2D eigenvalue weighted by Gasteiger charge is -2.05. The first-order chi connectivity index (χ1) is 8.05. The van der Waals surface area contributed by atoms with Gasteiger partial charge in [-0.05, 0) is 25.0 Å². The number of rotatable bonds is 8. The summed E-state index contributed by atoms with van der Waals surface area (Å²) < 4.78 is 31.9. The Morgan fingerprint density at radius 2 is 1.82 bits per heavy atom. The minimum atomic E-state index is -4.12. The molecule has 1 aromatic heterocycles. The van der Waals surface area contributed by atoms with Crippen molar-refractivity contribution in [1.29, 1.82) is 0 Å². The van der Waals surface area contributed by atoms with Gasteiger partial charge in [0.1, 0.15) is 0 Å². The highest BCUT2D eigenvalue weighted by Crippen LogP contribution is 2.12.